The summed E-state index contributed by atoms with van der Waals surface area (Å²) in [6.45, 7) is 0.340. The van der Waals surface area contributed by atoms with E-state index in [-0.39, 0.29) is 16.8 Å². The molecule has 164 valence electrons. The Morgan fingerprint density at radius 3 is 2.82 bits per heavy atom. The smallest absolute Gasteiger partial charge is 0.236 e. The number of fused-ring (bicyclic) bond motifs is 1. The van der Waals surface area contributed by atoms with Gasteiger partial charge in [0.25, 0.3) is 0 Å². The van der Waals surface area contributed by atoms with Gasteiger partial charge in [-0.15, -0.1) is 0 Å². The number of allylic oxidation sites excluding steroid dienone is 5. The minimum absolute atomic E-state index is 0.00813. The topological polar surface area (TPSA) is 96.4 Å². The summed E-state index contributed by atoms with van der Waals surface area (Å²) in [5.74, 6) is 0.287. The van der Waals surface area contributed by atoms with Crippen LogP contribution in [0.1, 0.15) is 28.9 Å². The van der Waals surface area contributed by atoms with Crippen molar-refractivity contribution in [3.05, 3.63) is 118 Å². The van der Waals surface area contributed by atoms with E-state index in [2.05, 4.69) is 11.1 Å². The first-order valence-electron chi connectivity index (χ1n) is 10.6. The molecule has 7 nitrogen and oxygen atoms in total. The van der Waals surface area contributed by atoms with E-state index in [4.69, 9.17) is 15.2 Å². The van der Waals surface area contributed by atoms with Gasteiger partial charge in [0.15, 0.2) is 5.76 Å². The van der Waals surface area contributed by atoms with Gasteiger partial charge in [0, 0.05) is 11.6 Å². The summed E-state index contributed by atoms with van der Waals surface area (Å²) in [7, 11) is 0. The fraction of sp³-hybridized carbons (Fsp3) is 0.115. The standard InChI is InChI=1S/C26H21N3O4/c27-24-12-6-9-18(28-24)13-29-14-20(25(30)19-10-4-5-11-21(19)29)26(31)23-16-32-15-22(33-23)17-7-2-1-3-8-17/h1-2,4-7,9-12,14-16H,3,8,13H2,(H2,27,28). The second kappa shape index (κ2) is 8.63. The molecule has 1 aliphatic carbocycles. The molecule has 0 atom stereocenters. The van der Waals surface area contributed by atoms with Crippen LogP contribution in [-0.4, -0.2) is 15.3 Å². The molecule has 0 saturated carbocycles. The van der Waals surface area contributed by atoms with Crippen LogP contribution in [0.2, 0.25) is 0 Å². The van der Waals surface area contributed by atoms with Gasteiger partial charge in [0.1, 0.15) is 18.3 Å². The summed E-state index contributed by atoms with van der Waals surface area (Å²) in [5.41, 5.74) is 7.78. The Bertz CT molecular complexity index is 1440. The zero-order chi connectivity index (χ0) is 22.8. The van der Waals surface area contributed by atoms with Gasteiger partial charge in [0.05, 0.1) is 23.3 Å². The summed E-state index contributed by atoms with van der Waals surface area (Å²) < 4.78 is 13.1. The molecule has 1 aromatic carbocycles. The van der Waals surface area contributed by atoms with E-state index in [1.165, 1.54) is 12.5 Å². The number of rotatable bonds is 5. The number of aromatic nitrogens is 2. The number of nitrogens with two attached hydrogens (primary N) is 1. The lowest BCUT2D eigenvalue weighted by Gasteiger charge is -2.19. The molecule has 0 spiro atoms. The zero-order valence-corrected chi connectivity index (χ0v) is 17.7. The average molecular weight is 439 g/mol. The lowest BCUT2D eigenvalue weighted by atomic mass is 10.0. The number of carbonyl (C=O) groups excluding carboxylic acids is 1. The number of hydrogen-bond acceptors (Lipinski definition) is 6. The van der Waals surface area contributed by atoms with E-state index in [9.17, 15) is 9.59 Å². The highest BCUT2D eigenvalue weighted by Crippen LogP contribution is 2.27. The first-order valence-corrected chi connectivity index (χ1v) is 10.6. The lowest BCUT2D eigenvalue weighted by Crippen LogP contribution is -2.22. The van der Waals surface area contributed by atoms with Gasteiger partial charge in [-0.1, -0.05) is 36.4 Å². The van der Waals surface area contributed by atoms with Crippen LogP contribution in [-0.2, 0) is 16.0 Å². The van der Waals surface area contributed by atoms with Crippen molar-refractivity contribution in [2.45, 2.75) is 19.4 Å². The highest BCUT2D eigenvalue weighted by molar-refractivity contribution is 6.08. The summed E-state index contributed by atoms with van der Waals surface area (Å²) in [5, 5.41) is 0.431. The number of Topliss-reactive ketones (excluding diaryl/α,β-unsaturated/α-hetero) is 1. The molecule has 1 aliphatic heterocycles. The molecule has 0 amide bonds. The van der Waals surface area contributed by atoms with E-state index in [1.54, 1.807) is 24.4 Å². The fourth-order valence-corrected chi connectivity index (χ4v) is 3.90. The van der Waals surface area contributed by atoms with Gasteiger partial charge in [-0.2, -0.15) is 0 Å². The van der Waals surface area contributed by atoms with Gasteiger partial charge < -0.3 is 19.8 Å². The zero-order valence-electron chi connectivity index (χ0n) is 17.7. The number of ether oxygens (including phenoxy) is 2. The second-order valence-corrected chi connectivity index (χ2v) is 7.76. The Morgan fingerprint density at radius 1 is 1.12 bits per heavy atom. The van der Waals surface area contributed by atoms with Crippen LogP contribution in [0.4, 0.5) is 5.82 Å². The normalized spacial score (nSPS) is 15.2. The molecule has 2 aromatic heterocycles. The monoisotopic (exact) mass is 439 g/mol. The molecule has 0 unspecified atom stereocenters. The molecule has 0 fully saturated rings. The van der Waals surface area contributed by atoms with Gasteiger partial charge in [0.2, 0.25) is 17.0 Å². The number of anilines is 1. The molecular weight excluding hydrogens is 418 g/mol. The second-order valence-electron chi connectivity index (χ2n) is 7.76. The van der Waals surface area contributed by atoms with E-state index in [0.717, 1.165) is 18.4 Å². The van der Waals surface area contributed by atoms with E-state index < -0.39 is 5.78 Å². The Kier molecular flexibility index (Phi) is 5.36. The van der Waals surface area contributed by atoms with Gasteiger partial charge in [-0.3, -0.25) is 9.59 Å². The summed E-state index contributed by atoms with van der Waals surface area (Å²) in [6.07, 6.45) is 11.8. The quantitative estimate of drug-likeness (QED) is 0.598. The third kappa shape index (κ3) is 4.08. The summed E-state index contributed by atoms with van der Waals surface area (Å²) in [6, 6.07) is 12.5. The number of pyridine rings is 2. The van der Waals surface area contributed by atoms with Crippen molar-refractivity contribution in [2.24, 2.45) is 0 Å². The minimum Gasteiger partial charge on any atom is -0.465 e. The molecule has 2 aliphatic rings. The van der Waals surface area contributed by atoms with Crippen LogP contribution >= 0.6 is 0 Å². The van der Waals surface area contributed by atoms with Crippen LogP contribution in [0.25, 0.3) is 10.9 Å². The number of carbonyl (C=O) groups is 1. The number of ketones is 1. The first-order chi connectivity index (χ1) is 16.1. The van der Waals surface area contributed by atoms with Crippen LogP contribution in [0, 0.1) is 0 Å². The van der Waals surface area contributed by atoms with Gasteiger partial charge in [-0.25, -0.2) is 4.98 Å². The average Bonchev–Trinajstić information content (AvgIpc) is 2.86. The van der Waals surface area contributed by atoms with Crippen LogP contribution in [0.5, 0.6) is 0 Å². The van der Waals surface area contributed by atoms with Gasteiger partial charge in [-0.05, 0) is 42.7 Å². The third-order valence-electron chi connectivity index (χ3n) is 5.52. The molecule has 7 heteroatoms. The predicted octanol–water partition coefficient (Wildman–Crippen LogP) is 4.22. The maximum atomic E-state index is 13.4. The molecular formula is C26H21N3O4. The van der Waals surface area contributed by atoms with Crippen molar-refractivity contribution >= 4 is 22.5 Å². The van der Waals surface area contributed by atoms with Crippen molar-refractivity contribution < 1.29 is 14.3 Å². The molecule has 0 radical (unpaired) electrons. The van der Waals surface area contributed by atoms with Crippen molar-refractivity contribution in [1.82, 2.24) is 9.55 Å². The molecule has 0 bridgehead atoms. The Labute approximate surface area is 189 Å². The number of benzene rings is 1. The molecule has 3 heterocycles. The Morgan fingerprint density at radius 2 is 2.00 bits per heavy atom. The van der Waals surface area contributed by atoms with E-state index >= 15 is 0 Å². The first kappa shape index (κ1) is 20.5. The summed E-state index contributed by atoms with van der Waals surface area (Å²) in [4.78, 5) is 30.9. The van der Waals surface area contributed by atoms with Crippen molar-refractivity contribution in [1.29, 1.82) is 0 Å². The molecule has 33 heavy (non-hydrogen) atoms. The Hall–Kier alpha value is -4.39. The maximum absolute atomic E-state index is 13.4. The maximum Gasteiger partial charge on any atom is 0.236 e. The number of nitrogens with zero attached hydrogens (tertiary/aromatic N) is 2. The molecule has 0 saturated heterocycles. The van der Waals surface area contributed by atoms with Crippen molar-refractivity contribution in [3.8, 4) is 0 Å². The number of para-hydroxylation sites is 1. The van der Waals surface area contributed by atoms with E-state index in [1.807, 2.05) is 41.0 Å². The largest absolute Gasteiger partial charge is 0.465 e. The Balaban J connectivity index is 1.52. The number of nitrogen functional groups attached to an aromatic ring is 1. The van der Waals surface area contributed by atoms with Crippen LogP contribution < -0.4 is 11.2 Å². The molecule has 2 N–H and O–H groups in total. The van der Waals surface area contributed by atoms with Gasteiger partial charge >= 0.3 is 0 Å². The van der Waals surface area contributed by atoms with Crippen molar-refractivity contribution in [2.75, 3.05) is 5.73 Å². The number of hydrogen-bond donors (Lipinski definition) is 1. The van der Waals surface area contributed by atoms with Crippen LogP contribution in [0.15, 0.2) is 101 Å². The highest BCUT2D eigenvalue weighted by atomic mass is 16.5. The third-order valence-corrected chi connectivity index (χ3v) is 5.52. The van der Waals surface area contributed by atoms with Crippen molar-refractivity contribution in [3.63, 3.8) is 0 Å². The summed E-state index contributed by atoms with van der Waals surface area (Å²) >= 11 is 0. The van der Waals surface area contributed by atoms with E-state index in [0.29, 0.717) is 34.7 Å². The predicted molar refractivity (Wildman–Crippen MR) is 125 cm³/mol. The van der Waals surface area contributed by atoms with Crippen LogP contribution in [0.3, 0.4) is 0 Å². The fourth-order valence-electron chi connectivity index (χ4n) is 3.90. The highest BCUT2D eigenvalue weighted by Gasteiger charge is 2.25. The minimum atomic E-state index is -0.544. The molecule has 3 aromatic rings. The lowest BCUT2D eigenvalue weighted by molar-refractivity contribution is 0.0932. The molecule has 5 rings (SSSR count). The SMILES string of the molecule is Nc1cccc(Cn2cc(C(=O)C3=COC=C(C4=CC=CCC4)O3)c(=O)c3ccccc32)n1.